The van der Waals surface area contributed by atoms with Gasteiger partial charge in [0.2, 0.25) is 0 Å². The third-order valence-electron chi connectivity index (χ3n) is 2.67. The molecular weight excluding hydrogens is 316 g/mol. The van der Waals surface area contributed by atoms with Crippen LogP contribution in [0.4, 0.5) is 5.69 Å². The SMILES string of the molecule is C=C(Oc1ccccc1Oc1ccc(N)cc1)C(=O)NC.CC.CC. The summed E-state index contributed by atoms with van der Waals surface area (Å²) in [7, 11) is 1.51. The standard InChI is InChI=1S/C16H16N2O3.2C2H6/c1-11(16(19)18-2)20-14-5-3-4-6-15(14)21-13-9-7-12(17)8-10-13;2*1-2/h3-10H,1,17H2,2H3,(H,18,19);2*1-2H3. The molecule has 2 aromatic carbocycles. The topological polar surface area (TPSA) is 73.6 Å². The van der Waals surface area contributed by atoms with E-state index in [0.29, 0.717) is 22.9 Å². The van der Waals surface area contributed by atoms with Gasteiger partial charge in [-0.15, -0.1) is 0 Å². The Morgan fingerprint density at radius 2 is 1.48 bits per heavy atom. The Morgan fingerprint density at radius 3 is 2.00 bits per heavy atom. The van der Waals surface area contributed by atoms with Crippen LogP contribution in [0, 0.1) is 0 Å². The number of amides is 1. The summed E-state index contributed by atoms with van der Waals surface area (Å²) >= 11 is 0. The van der Waals surface area contributed by atoms with Crippen molar-refractivity contribution in [2.75, 3.05) is 12.8 Å². The van der Waals surface area contributed by atoms with Gasteiger partial charge in [0.05, 0.1) is 0 Å². The number of nitrogens with two attached hydrogens (primary N) is 1. The van der Waals surface area contributed by atoms with Gasteiger partial charge in [-0.05, 0) is 36.4 Å². The van der Waals surface area contributed by atoms with Gasteiger partial charge in [0.15, 0.2) is 17.3 Å². The quantitative estimate of drug-likeness (QED) is 0.466. The summed E-state index contributed by atoms with van der Waals surface area (Å²) in [6.45, 7) is 11.6. The van der Waals surface area contributed by atoms with Crippen LogP contribution in [0.2, 0.25) is 0 Å². The molecule has 0 radical (unpaired) electrons. The minimum absolute atomic E-state index is 0.00847. The Bertz CT molecular complexity index is 652. The van der Waals surface area contributed by atoms with Crippen LogP contribution in [0.25, 0.3) is 0 Å². The van der Waals surface area contributed by atoms with Crippen LogP contribution in [-0.4, -0.2) is 13.0 Å². The molecule has 0 heterocycles. The molecule has 0 bridgehead atoms. The Balaban J connectivity index is 0.00000134. The van der Waals surface area contributed by atoms with Crippen LogP contribution in [0.5, 0.6) is 17.2 Å². The van der Waals surface area contributed by atoms with Crippen LogP contribution >= 0.6 is 0 Å². The summed E-state index contributed by atoms with van der Waals surface area (Å²) in [5, 5.41) is 2.44. The Kier molecular flexibility index (Phi) is 11.0. The lowest BCUT2D eigenvalue weighted by Gasteiger charge is -2.12. The number of hydrogen-bond acceptors (Lipinski definition) is 4. The maximum atomic E-state index is 11.4. The number of para-hydroxylation sites is 2. The lowest BCUT2D eigenvalue weighted by molar-refractivity contribution is -0.119. The van der Waals surface area contributed by atoms with Gasteiger partial charge in [-0.1, -0.05) is 46.4 Å². The number of nitrogens with one attached hydrogen (secondary N) is 1. The van der Waals surface area contributed by atoms with Crippen molar-refractivity contribution in [3.8, 4) is 17.2 Å². The first kappa shape index (κ1) is 22.1. The van der Waals surface area contributed by atoms with Gasteiger partial charge in [0, 0.05) is 12.7 Å². The first-order valence-electron chi connectivity index (χ1n) is 8.31. The lowest BCUT2D eigenvalue weighted by atomic mass is 10.3. The predicted molar refractivity (Wildman–Crippen MR) is 104 cm³/mol. The molecule has 3 N–H and O–H groups in total. The van der Waals surface area contributed by atoms with Gasteiger partial charge in [-0.25, -0.2) is 0 Å². The third-order valence-corrected chi connectivity index (χ3v) is 2.67. The van der Waals surface area contributed by atoms with Crippen LogP contribution in [0.3, 0.4) is 0 Å². The van der Waals surface area contributed by atoms with Gasteiger partial charge in [0.1, 0.15) is 5.75 Å². The minimum atomic E-state index is -0.391. The Labute approximate surface area is 150 Å². The highest BCUT2D eigenvalue weighted by atomic mass is 16.5. The van der Waals surface area contributed by atoms with E-state index in [-0.39, 0.29) is 5.76 Å². The van der Waals surface area contributed by atoms with Crippen LogP contribution < -0.4 is 20.5 Å². The number of hydrogen-bond donors (Lipinski definition) is 2. The fraction of sp³-hybridized carbons (Fsp3) is 0.250. The average Bonchev–Trinajstić information content (AvgIpc) is 2.67. The molecule has 136 valence electrons. The van der Waals surface area contributed by atoms with E-state index in [4.69, 9.17) is 15.2 Å². The summed E-state index contributed by atoms with van der Waals surface area (Å²) in [6, 6.07) is 14.0. The number of ether oxygens (including phenoxy) is 2. The molecule has 2 aromatic rings. The van der Waals surface area contributed by atoms with Crippen molar-refractivity contribution in [3.05, 3.63) is 60.9 Å². The Hall–Kier alpha value is -2.95. The number of anilines is 1. The van der Waals surface area contributed by atoms with Crippen molar-refractivity contribution in [3.63, 3.8) is 0 Å². The third kappa shape index (κ3) is 7.44. The van der Waals surface area contributed by atoms with E-state index in [2.05, 4.69) is 11.9 Å². The van der Waals surface area contributed by atoms with Gasteiger partial charge >= 0.3 is 0 Å². The zero-order valence-electron chi connectivity index (χ0n) is 15.6. The number of nitrogen functional groups attached to an aromatic ring is 1. The van der Waals surface area contributed by atoms with Crippen molar-refractivity contribution in [2.45, 2.75) is 27.7 Å². The largest absolute Gasteiger partial charge is 0.453 e. The molecule has 0 spiro atoms. The summed E-state index contributed by atoms with van der Waals surface area (Å²) in [4.78, 5) is 11.4. The van der Waals surface area contributed by atoms with Crippen LogP contribution in [0.1, 0.15) is 27.7 Å². The van der Waals surface area contributed by atoms with Crippen molar-refractivity contribution >= 4 is 11.6 Å². The minimum Gasteiger partial charge on any atom is -0.453 e. The van der Waals surface area contributed by atoms with Crippen LogP contribution in [-0.2, 0) is 4.79 Å². The zero-order valence-corrected chi connectivity index (χ0v) is 15.6. The molecule has 5 heteroatoms. The highest BCUT2D eigenvalue weighted by Gasteiger charge is 2.11. The maximum Gasteiger partial charge on any atom is 0.286 e. The summed E-state index contributed by atoms with van der Waals surface area (Å²) in [5.74, 6) is 1.10. The highest BCUT2D eigenvalue weighted by Crippen LogP contribution is 2.32. The van der Waals surface area contributed by atoms with Gasteiger partial charge < -0.3 is 20.5 Å². The molecular formula is C20H28N2O3. The van der Waals surface area contributed by atoms with E-state index >= 15 is 0 Å². The Morgan fingerprint density at radius 1 is 0.960 bits per heavy atom. The van der Waals surface area contributed by atoms with E-state index in [1.165, 1.54) is 7.05 Å². The highest BCUT2D eigenvalue weighted by molar-refractivity contribution is 5.91. The van der Waals surface area contributed by atoms with E-state index in [1.807, 2.05) is 33.8 Å². The molecule has 1 amide bonds. The fourth-order valence-corrected chi connectivity index (χ4v) is 1.60. The molecule has 0 fully saturated rings. The molecule has 0 aliphatic carbocycles. The normalized spacial score (nSPS) is 8.68. The molecule has 0 saturated heterocycles. The zero-order chi connectivity index (χ0) is 19.2. The van der Waals surface area contributed by atoms with Gasteiger partial charge in [-0.2, -0.15) is 0 Å². The van der Waals surface area contributed by atoms with Crippen molar-refractivity contribution < 1.29 is 14.3 Å². The lowest BCUT2D eigenvalue weighted by Crippen LogP contribution is -2.22. The van der Waals surface area contributed by atoms with Crippen molar-refractivity contribution in [2.24, 2.45) is 0 Å². The number of carbonyl (C=O) groups excluding carboxylic acids is 1. The second kappa shape index (κ2) is 12.5. The van der Waals surface area contributed by atoms with Crippen molar-refractivity contribution in [1.82, 2.24) is 5.32 Å². The first-order valence-corrected chi connectivity index (χ1v) is 8.31. The molecule has 25 heavy (non-hydrogen) atoms. The average molecular weight is 344 g/mol. The molecule has 0 atom stereocenters. The fourth-order valence-electron chi connectivity index (χ4n) is 1.60. The summed E-state index contributed by atoms with van der Waals surface area (Å²) in [6.07, 6.45) is 0. The number of likely N-dealkylation sites (N-methyl/N-ethyl adjacent to an activating group) is 1. The molecule has 0 aliphatic heterocycles. The molecule has 5 nitrogen and oxygen atoms in total. The van der Waals surface area contributed by atoms with Gasteiger partial charge in [0.25, 0.3) is 5.91 Å². The number of benzene rings is 2. The van der Waals surface area contributed by atoms with Crippen LogP contribution in [0.15, 0.2) is 60.9 Å². The molecule has 2 rings (SSSR count). The van der Waals surface area contributed by atoms with Gasteiger partial charge in [-0.3, -0.25) is 4.79 Å². The number of carbonyl (C=O) groups is 1. The number of rotatable bonds is 5. The molecule has 0 unspecified atom stereocenters. The van der Waals surface area contributed by atoms with Crippen molar-refractivity contribution in [1.29, 1.82) is 0 Å². The van der Waals surface area contributed by atoms with E-state index in [9.17, 15) is 4.79 Å². The molecule has 0 aliphatic rings. The van der Waals surface area contributed by atoms with E-state index in [0.717, 1.165) is 0 Å². The smallest absolute Gasteiger partial charge is 0.286 e. The van der Waals surface area contributed by atoms with E-state index < -0.39 is 5.91 Å². The van der Waals surface area contributed by atoms with E-state index in [1.54, 1.807) is 42.5 Å². The first-order chi connectivity index (χ1) is 12.1. The summed E-state index contributed by atoms with van der Waals surface area (Å²) in [5.41, 5.74) is 6.28. The summed E-state index contributed by atoms with van der Waals surface area (Å²) < 4.78 is 11.2. The molecule has 0 saturated carbocycles. The monoisotopic (exact) mass is 344 g/mol. The second-order valence-corrected chi connectivity index (χ2v) is 4.22. The molecule has 0 aromatic heterocycles. The predicted octanol–water partition coefficient (Wildman–Crippen LogP) is 4.75. The maximum absolute atomic E-state index is 11.4. The second-order valence-electron chi connectivity index (χ2n) is 4.22.